The van der Waals surface area contributed by atoms with Gasteiger partial charge in [0.2, 0.25) is 0 Å². The lowest BCUT2D eigenvalue weighted by Crippen LogP contribution is -2.02. The molecule has 0 aliphatic heterocycles. The predicted molar refractivity (Wildman–Crippen MR) is 63.2 cm³/mol. The minimum absolute atomic E-state index is 0.138. The highest BCUT2D eigenvalue weighted by Crippen LogP contribution is 2.06. The van der Waals surface area contributed by atoms with E-state index in [1.807, 2.05) is 6.92 Å². The summed E-state index contributed by atoms with van der Waals surface area (Å²) in [4.78, 5) is 0. The molecular weight excluding hydrogens is 212 g/mol. The van der Waals surface area contributed by atoms with Crippen LogP contribution in [0.15, 0.2) is 23.3 Å². The topological polar surface area (TPSA) is 43.4 Å². The summed E-state index contributed by atoms with van der Waals surface area (Å²) < 4.78 is 25.9. The average molecular weight is 232 g/mol. The first-order chi connectivity index (χ1) is 6.81. The highest BCUT2D eigenvalue weighted by molar-refractivity contribution is 7.85. The Morgan fingerprint density at radius 2 is 1.80 bits per heavy atom. The molecule has 0 amide bonds. The Balaban J connectivity index is 3.85. The van der Waals surface area contributed by atoms with Gasteiger partial charge >= 0.3 is 0 Å². The van der Waals surface area contributed by atoms with E-state index in [-0.39, 0.29) is 6.61 Å². The number of hydrogen-bond acceptors (Lipinski definition) is 3. The first-order valence-corrected chi connectivity index (χ1v) is 6.76. The maximum Gasteiger partial charge on any atom is 0.264 e. The van der Waals surface area contributed by atoms with Gasteiger partial charge in [0.05, 0.1) is 12.9 Å². The van der Waals surface area contributed by atoms with Crippen LogP contribution in [0, 0.1) is 0 Å². The quantitative estimate of drug-likeness (QED) is 0.522. The van der Waals surface area contributed by atoms with Crippen molar-refractivity contribution in [1.82, 2.24) is 0 Å². The highest BCUT2D eigenvalue weighted by atomic mass is 32.2. The average Bonchev–Trinajstić information content (AvgIpc) is 2.00. The second-order valence-electron chi connectivity index (χ2n) is 3.86. The van der Waals surface area contributed by atoms with Gasteiger partial charge in [-0.15, -0.1) is 0 Å². The summed E-state index contributed by atoms with van der Waals surface area (Å²) in [5, 5.41) is 0. The van der Waals surface area contributed by atoms with E-state index in [9.17, 15) is 8.42 Å². The second kappa shape index (κ2) is 6.80. The largest absolute Gasteiger partial charge is 0.266 e. The summed E-state index contributed by atoms with van der Waals surface area (Å²) in [6.45, 7) is 6.24. The van der Waals surface area contributed by atoms with Crippen molar-refractivity contribution in [2.45, 2.75) is 33.6 Å². The summed E-state index contributed by atoms with van der Waals surface area (Å²) in [7, 11) is -3.31. The molecule has 0 rings (SSSR count). The van der Waals surface area contributed by atoms with Crippen LogP contribution in [0.4, 0.5) is 0 Å². The van der Waals surface area contributed by atoms with Crippen LogP contribution in [0.3, 0.4) is 0 Å². The Morgan fingerprint density at radius 3 is 2.27 bits per heavy atom. The molecule has 0 aliphatic rings. The van der Waals surface area contributed by atoms with E-state index in [2.05, 4.69) is 24.1 Å². The van der Waals surface area contributed by atoms with E-state index in [1.54, 1.807) is 6.08 Å². The normalized spacial score (nSPS) is 12.7. The van der Waals surface area contributed by atoms with Gasteiger partial charge in [-0.05, 0) is 33.6 Å². The molecule has 0 saturated carbocycles. The Kier molecular flexibility index (Phi) is 6.52. The molecule has 4 heteroatoms. The zero-order chi connectivity index (χ0) is 11.9. The molecule has 0 spiro atoms. The molecule has 0 aliphatic carbocycles. The van der Waals surface area contributed by atoms with Crippen LogP contribution in [0.1, 0.15) is 33.6 Å². The van der Waals surface area contributed by atoms with Crippen LogP contribution in [0.2, 0.25) is 0 Å². The van der Waals surface area contributed by atoms with E-state index in [4.69, 9.17) is 0 Å². The van der Waals surface area contributed by atoms with Crippen molar-refractivity contribution in [2.75, 3.05) is 12.9 Å². The fourth-order valence-corrected chi connectivity index (χ4v) is 1.31. The molecule has 0 bridgehead atoms. The molecule has 0 unspecified atom stereocenters. The first-order valence-electron chi connectivity index (χ1n) is 4.94. The van der Waals surface area contributed by atoms with Crippen molar-refractivity contribution < 1.29 is 12.6 Å². The standard InChI is InChI=1S/C11H20O3S/c1-10(2)6-5-7-11(3)8-9-14-15(4,12)13/h6,8H,5,7,9H2,1-4H3/b11-8+. The summed E-state index contributed by atoms with van der Waals surface area (Å²) in [6.07, 6.45) is 6.95. The molecule has 0 radical (unpaired) electrons. The third-order valence-electron chi connectivity index (χ3n) is 1.81. The van der Waals surface area contributed by atoms with Crippen molar-refractivity contribution in [2.24, 2.45) is 0 Å². The molecule has 0 fully saturated rings. The molecule has 0 atom stereocenters. The SMILES string of the molecule is CC(C)=CCC/C(C)=C/COS(C)(=O)=O. The van der Waals surface area contributed by atoms with Gasteiger partial charge in [-0.25, -0.2) is 0 Å². The third-order valence-corrected chi connectivity index (χ3v) is 2.37. The molecule has 88 valence electrons. The summed E-state index contributed by atoms with van der Waals surface area (Å²) in [5.41, 5.74) is 2.45. The molecular formula is C11H20O3S. The highest BCUT2D eigenvalue weighted by Gasteiger charge is 1.98. The van der Waals surface area contributed by atoms with Crippen LogP contribution >= 0.6 is 0 Å². The van der Waals surface area contributed by atoms with Gasteiger partial charge in [0.15, 0.2) is 0 Å². The van der Waals surface area contributed by atoms with Gasteiger partial charge < -0.3 is 0 Å². The van der Waals surface area contributed by atoms with Crippen LogP contribution in [0.5, 0.6) is 0 Å². The first kappa shape index (κ1) is 14.4. The summed E-state index contributed by atoms with van der Waals surface area (Å²) in [5.74, 6) is 0. The fourth-order valence-electron chi connectivity index (χ4n) is 0.990. The van der Waals surface area contributed by atoms with E-state index in [0.717, 1.165) is 24.7 Å². The van der Waals surface area contributed by atoms with E-state index in [1.165, 1.54) is 5.57 Å². The Hall–Kier alpha value is -0.610. The second-order valence-corrected chi connectivity index (χ2v) is 5.50. The van der Waals surface area contributed by atoms with Crippen molar-refractivity contribution in [1.29, 1.82) is 0 Å². The molecule has 0 aromatic rings. The van der Waals surface area contributed by atoms with Crippen LogP contribution in [-0.2, 0) is 14.3 Å². The third kappa shape index (κ3) is 11.3. The maximum atomic E-state index is 10.7. The van der Waals surface area contributed by atoms with E-state index >= 15 is 0 Å². The predicted octanol–water partition coefficient (Wildman–Crippen LogP) is 2.66. The maximum absolute atomic E-state index is 10.7. The number of allylic oxidation sites excluding steroid dienone is 3. The van der Waals surface area contributed by atoms with Gasteiger partial charge in [-0.1, -0.05) is 23.3 Å². The van der Waals surface area contributed by atoms with Gasteiger partial charge in [0, 0.05) is 0 Å². The summed E-state index contributed by atoms with van der Waals surface area (Å²) >= 11 is 0. The summed E-state index contributed by atoms with van der Waals surface area (Å²) in [6, 6.07) is 0. The Bertz CT molecular complexity index is 333. The van der Waals surface area contributed by atoms with Crippen LogP contribution in [0.25, 0.3) is 0 Å². The minimum atomic E-state index is -3.31. The fraction of sp³-hybridized carbons (Fsp3) is 0.636. The van der Waals surface area contributed by atoms with E-state index in [0.29, 0.717) is 0 Å². The van der Waals surface area contributed by atoms with Gasteiger partial charge in [-0.3, -0.25) is 4.18 Å². The molecule has 3 nitrogen and oxygen atoms in total. The molecule has 0 heterocycles. The number of rotatable bonds is 6. The number of hydrogen-bond donors (Lipinski definition) is 0. The lowest BCUT2D eigenvalue weighted by Gasteiger charge is -2.00. The van der Waals surface area contributed by atoms with Crippen molar-refractivity contribution >= 4 is 10.1 Å². The molecule has 0 N–H and O–H groups in total. The van der Waals surface area contributed by atoms with Crippen molar-refractivity contribution in [3.63, 3.8) is 0 Å². The molecule has 0 aromatic heterocycles. The lowest BCUT2D eigenvalue weighted by molar-refractivity contribution is 0.360. The van der Waals surface area contributed by atoms with Crippen molar-refractivity contribution in [3.05, 3.63) is 23.3 Å². The van der Waals surface area contributed by atoms with Gasteiger partial charge in [0.1, 0.15) is 0 Å². The lowest BCUT2D eigenvalue weighted by atomic mass is 10.1. The minimum Gasteiger partial charge on any atom is -0.266 e. The smallest absolute Gasteiger partial charge is 0.264 e. The molecule has 15 heavy (non-hydrogen) atoms. The van der Waals surface area contributed by atoms with E-state index < -0.39 is 10.1 Å². The monoisotopic (exact) mass is 232 g/mol. The zero-order valence-electron chi connectivity index (χ0n) is 9.91. The van der Waals surface area contributed by atoms with Gasteiger partial charge in [0.25, 0.3) is 10.1 Å². The van der Waals surface area contributed by atoms with Crippen molar-refractivity contribution in [3.8, 4) is 0 Å². The zero-order valence-corrected chi connectivity index (χ0v) is 10.7. The molecule has 0 saturated heterocycles. The van der Waals surface area contributed by atoms with Gasteiger partial charge in [-0.2, -0.15) is 8.42 Å². The molecule has 0 aromatic carbocycles. The Morgan fingerprint density at radius 1 is 1.20 bits per heavy atom. The van der Waals surface area contributed by atoms with Crippen LogP contribution < -0.4 is 0 Å². The van der Waals surface area contributed by atoms with Crippen LogP contribution in [-0.4, -0.2) is 21.3 Å². The Labute approximate surface area is 93.0 Å².